The van der Waals surface area contributed by atoms with E-state index in [9.17, 15) is 9.59 Å². The third-order valence-corrected chi connectivity index (χ3v) is 2.33. The molecule has 4 nitrogen and oxygen atoms in total. The van der Waals surface area contributed by atoms with Gasteiger partial charge in [-0.3, -0.25) is 9.59 Å². The van der Waals surface area contributed by atoms with Gasteiger partial charge in [-0.25, -0.2) is 0 Å². The molecule has 0 spiro atoms. The first kappa shape index (κ1) is 12.1. The van der Waals surface area contributed by atoms with E-state index in [2.05, 4.69) is 0 Å². The van der Waals surface area contributed by atoms with E-state index in [1.807, 2.05) is 12.1 Å². The number of hydrogen-bond acceptors (Lipinski definition) is 4. The van der Waals surface area contributed by atoms with Crippen molar-refractivity contribution in [2.24, 2.45) is 0 Å². The summed E-state index contributed by atoms with van der Waals surface area (Å²) in [7, 11) is 0. The molecule has 92 valence electrons. The standard InChI is InChI=1S/C14H12O4/c1-9(15)17-12-5-3-4-11-6-7-14(13(11)8-12)18-10(2)16/h3-8H,1-2H3. The van der Waals surface area contributed by atoms with Crippen molar-refractivity contribution in [1.29, 1.82) is 0 Å². The molecule has 0 bridgehead atoms. The Bertz CT molecular complexity index is 574. The molecule has 4 heteroatoms. The minimum Gasteiger partial charge on any atom is -0.427 e. The van der Waals surface area contributed by atoms with Gasteiger partial charge in [0.25, 0.3) is 0 Å². The summed E-state index contributed by atoms with van der Waals surface area (Å²) in [5.74, 6) is 0.0946. The number of rotatable bonds is 2. The van der Waals surface area contributed by atoms with Crippen LogP contribution in [0.4, 0.5) is 0 Å². The number of carbonyl (C=O) groups excluding carboxylic acids is 2. The SMILES string of the molecule is CC(=O)Oc1cccc2ccc(OC(C)=O)c-2c1. The molecule has 2 rings (SSSR count). The predicted octanol–water partition coefficient (Wildman–Crippen LogP) is 2.64. The van der Waals surface area contributed by atoms with Crippen LogP contribution < -0.4 is 9.47 Å². The van der Waals surface area contributed by atoms with Gasteiger partial charge in [-0.05, 0) is 23.8 Å². The Kier molecular flexibility index (Phi) is 3.28. The van der Waals surface area contributed by atoms with Crippen molar-refractivity contribution >= 4 is 11.9 Å². The number of ether oxygens (including phenoxy) is 2. The van der Waals surface area contributed by atoms with Crippen LogP contribution in [-0.4, -0.2) is 11.9 Å². The second kappa shape index (κ2) is 4.87. The fourth-order valence-electron chi connectivity index (χ4n) is 1.70. The lowest BCUT2D eigenvalue weighted by atomic mass is 10.2. The van der Waals surface area contributed by atoms with Gasteiger partial charge < -0.3 is 9.47 Å². The van der Waals surface area contributed by atoms with Crippen LogP contribution in [0, 0.1) is 0 Å². The van der Waals surface area contributed by atoms with Crippen molar-refractivity contribution in [1.82, 2.24) is 0 Å². The smallest absolute Gasteiger partial charge is 0.308 e. The summed E-state index contributed by atoms with van der Waals surface area (Å²) in [5.41, 5.74) is 1.64. The van der Waals surface area contributed by atoms with Crippen molar-refractivity contribution in [3.63, 3.8) is 0 Å². The predicted molar refractivity (Wildman–Crippen MR) is 65.7 cm³/mol. The largest absolute Gasteiger partial charge is 0.427 e. The average Bonchev–Trinajstić information content (AvgIpc) is 2.52. The number of fused-ring (bicyclic) bond motifs is 1. The Morgan fingerprint density at radius 3 is 2.33 bits per heavy atom. The molecule has 0 atom stereocenters. The Morgan fingerprint density at radius 2 is 1.67 bits per heavy atom. The lowest BCUT2D eigenvalue weighted by molar-refractivity contribution is -0.132. The summed E-state index contributed by atoms with van der Waals surface area (Å²) in [6.07, 6.45) is 0. The van der Waals surface area contributed by atoms with Crippen molar-refractivity contribution in [2.45, 2.75) is 13.8 Å². The van der Waals surface area contributed by atoms with E-state index in [1.165, 1.54) is 13.8 Å². The molecule has 0 radical (unpaired) electrons. The highest BCUT2D eigenvalue weighted by molar-refractivity contribution is 5.80. The highest BCUT2D eigenvalue weighted by atomic mass is 16.5. The molecule has 0 aromatic carbocycles. The zero-order valence-electron chi connectivity index (χ0n) is 10.1. The van der Waals surface area contributed by atoms with E-state index in [0.29, 0.717) is 11.5 Å². The summed E-state index contributed by atoms with van der Waals surface area (Å²) >= 11 is 0. The van der Waals surface area contributed by atoms with Gasteiger partial charge in [-0.2, -0.15) is 0 Å². The molecule has 0 amide bonds. The summed E-state index contributed by atoms with van der Waals surface area (Å²) in [4.78, 5) is 21.9. The van der Waals surface area contributed by atoms with E-state index in [-0.39, 0.29) is 5.97 Å². The highest BCUT2D eigenvalue weighted by Crippen LogP contribution is 2.35. The maximum Gasteiger partial charge on any atom is 0.308 e. The van der Waals surface area contributed by atoms with E-state index in [0.717, 1.165) is 11.1 Å². The topological polar surface area (TPSA) is 52.6 Å². The summed E-state index contributed by atoms with van der Waals surface area (Å²) in [6, 6.07) is 10.5. The van der Waals surface area contributed by atoms with Crippen LogP contribution in [0.2, 0.25) is 0 Å². The molecule has 0 aromatic heterocycles. The van der Waals surface area contributed by atoms with Crippen LogP contribution in [0.15, 0.2) is 36.4 Å². The molecular formula is C14H12O4. The quantitative estimate of drug-likeness (QED) is 0.762. The summed E-state index contributed by atoms with van der Waals surface area (Å²) < 4.78 is 10.1. The van der Waals surface area contributed by atoms with Gasteiger partial charge >= 0.3 is 11.9 Å². The molecular weight excluding hydrogens is 232 g/mol. The van der Waals surface area contributed by atoms with Gasteiger partial charge in [-0.15, -0.1) is 0 Å². The molecule has 2 aliphatic carbocycles. The van der Waals surface area contributed by atoms with Crippen LogP contribution in [0.5, 0.6) is 11.5 Å². The first-order chi connectivity index (χ1) is 8.56. The van der Waals surface area contributed by atoms with Gasteiger partial charge in [0.15, 0.2) is 0 Å². The van der Waals surface area contributed by atoms with Crippen LogP contribution in [-0.2, 0) is 9.59 Å². The molecule has 0 aromatic rings. The zero-order chi connectivity index (χ0) is 13.1. The van der Waals surface area contributed by atoms with Crippen LogP contribution in [0.3, 0.4) is 0 Å². The van der Waals surface area contributed by atoms with Crippen LogP contribution >= 0.6 is 0 Å². The molecule has 0 aliphatic heterocycles. The molecule has 2 aliphatic rings. The molecule has 0 unspecified atom stereocenters. The molecule has 18 heavy (non-hydrogen) atoms. The van der Waals surface area contributed by atoms with Crippen molar-refractivity contribution in [2.75, 3.05) is 0 Å². The van der Waals surface area contributed by atoms with Crippen molar-refractivity contribution in [3.8, 4) is 22.6 Å². The fraction of sp³-hybridized carbons (Fsp3) is 0.143. The first-order valence-electron chi connectivity index (χ1n) is 5.46. The Labute approximate surface area is 104 Å². The third-order valence-electron chi connectivity index (χ3n) is 2.33. The Balaban J connectivity index is 2.45. The van der Waals surface area contributed by atoms with E-state index < -0.39 is 5.97 Å². The van der Waals surface area contributed by atoms with Gasteiger partial charge in [0.1, 0.15) is 11.5 Å². The second-order valence-corrected chi connectivity index (χ2v) is 3.83. The lowest BCUT2D eigenvalue weighted by Gasteiger charge is -2.02. The minimum absolute atomic E-state index is 0.386. The van der Waals surface area contributed by atoms with E-state index in [4.69, 9.17) is 9.47 Å². The van der Waals surface area contributed by atoms with E-state index in [1.54, 1.807) is 24.3 Å². The summed E-state index contributed by atoms with van der Waals surface area (Å²) in [6.45, 7) is 2.68. The van der Waals surface area contributed by atoms with E-state index >= 15 is 0 Å². The number of hydrogen-bond donors (Lipinski definition) is 0. The normalized spacial score (nSPS) is 10.1. The maximum atomic E-state index is 11.0. The first-order valence-corrected chi connectivity index (χ1v) is 5.46. The van der Waals surface area contributed by atoms with Gasteiger partial charge in [-0.1, -0.05) is 18.2 Å². The van der Waals surface area contributed by atoms with Crippen molar-refractivity contribution < 1.29 is 19.1 Å². The number of carbonyl (C=O) groups is 2. The summed E-state index contributed by atoms with van der Waals surface area (Å²) in [5, 5.41) is 0. The monoisotopic (exact) mass is 244 g/mol. The molecule has 0 saturated heterocycles. The second-order valence-electron chi connectivity index (χ2n) is 3.83. The average molecular weight is 244 g/mol. The highest BCUT2D eigenvalue weighted by Gasteiger charge is 2.12. The van der Waals surface area contributed by atoms with Crippen LogP contribution in [0.1, 0.15) is 13.8 Å². The number of esters is 2. The molecule has 0 saturated carbocycles. The molecule has 0 N–H and O–H groups in total. The molecule has 0 heterocycles. The Hall–Kier alpha value is -2.36. The van der Waals surface area contributed by atoms with Crippen LogP contribution in [0.25, 0.3) is 11.1 Å². The fourth-order valence-corrected chi connectivity index (χ4v) is 1.70. The van der Waals surface area contributed by atoms with Crippen molar-refractivity contribution in [3.05, 3.63) is 36.4 Å². The molecule has 0 fully saturated rings. The Morgan fingerprint density at radius 1 is 0.944 bits per heavy atom. The maximum absolute atomic E-state index is 11.0. The minimum atomic E-state index is -0.394. The third kappa shape index (κ3) is 2.66. The lowest BCUT2D eigenvalue weighted by Crippen LogP contribution is -2.01. The van der Waals surface area contributed by atoms with Gasteiger partial charge in [0, 0.05) is 19.4 Å². The van der Waals surface area contributed by atoms with Gasteiger partial charge in [0.05, 0.1) is 0 Å². The zero-order valence-corrected chi connectivity index (χ0v) is 10.1. The van der Waals surface area contributed by atoms with Gasteiger partial charge in [0.2, 0.25) is 0 Å².